The van der Waals surface area contributed by atoms with Gasteiger partial charge < -0.3 is 10.2 Å². The first kappa shape index (κ1) is 26.9. The zero-order valence-electron chi connectivity index (χ0n) is 21.2. The highest BCUT2D eigenvalue weighted by Crippen LogP contribution is 2.21. The van der Waals surface area contributed by atoms with Crippen molar-refractivity contribution < 1.29 is 14.0 Å². The quantitative estimate of drug-likeness (QED) is 0.331. The van der Waals surface area contributed by atoms with Gasteiger partial charge in [0, 0.05) is 24.8 Å². The van der Waals surface area contributed by atoms with Crippen LogP contribution in [-0.4, -0.2) is 34.6 Å². The van der Waals surface area contributed by atoms with Crippen molar-refractivity contribution in [3.05, 3.63) is 107 Å². The molecule has 2 amide bonds. The Morgan fingerprint density at radius 2 is 1.46 bits per heavy atom. The molecule has 1 atom stereocenters. The summed E-state index contributed by atoms with van der Waals surface area (Å²) in [6, 6.07) is 25.5. The lowest BCUT2D eigenvalue weighted by molar-refractivity contribution is -0.139. The second-order valence-corrected chi connectivity index (χ2v) is 10.7. The van der Waals surface area contributed by atoms with E-state index < -0.39 is 6.04 Å². The highest BCUT2D eigenvalue weighted by atomic mass is 32.2. The Kier molecular flexibility index (Phi) is 10.2. The first-order chi connectivity index (χ1) is 18.1. The van der Waals surface area contributed by atoms with Gasteiger partial charge in [0.25, 0.3) is 0 Å². The number of carbonyl (C=O) groups is 2. The Labute approximate surface area is 223 Å². The fraction of sp³-hybridized carbons (Fsp3) is 0.355. The lowest BCUT2D eigenvalue weighted by Crippen LogP contribution is -2.53. The lowest BCUT2D eigenvalue weighted by Gasteiger charge is -2.33. The second-order valence-electron chi connectivity index (χ2n) is 9.68. The van der Waals surface area contributed by atoms with Crippen LogP contribution in [0.1, 0.15) is 48.8 Å². The monoisotopic (exact) mass is 518 g/mol. The van der Waals surface area contributed by atoms with Gasteiger partial charge in [-0.15, -0.1) is 11.8 Å². The number of halogens is 1. The summed E-state index contributed by atoms with van der Waals surface area (Å²) in [5, 5.41) is 3.25. The summed E-state index contributed by atoms with van der Waals surface area (Å²) in [4.78, 5) is 29.1. The fourth-order valence-electron chi connectivity index (χ4n) is 4.80. The number of thioether (sulfide) groups is 1. The Hall–Kier alpha value is -3.12. The van der Waals surface area contributed by atoms with E-state index in [9.17, 15) is 14.0 Å². The van der Waals surface area contributed by atoms with Gasteiger partial charge in [-0.05, 0) is 41.7 Å². The molecule has 3 aromatic rings. The van der Waals surface area contributed by atoms with Crippen LogP contribution in [0, 0.1) is 5.82 Å². The molecular weight excluding hydrogens is 483 g/mol. The molecule has 1 N–H and O–H groups in total. The summed E-state index contributed by atoms with van der Waals surface area (Å²) in [5.41, 5.74) is 2.95. The molecule has 0 aliphatic heterocycles. The zero-order chi connectivity index (χ0) is 25.9. The first-order valence-corrected chi connectivity index (χ1v) is 14.2. The Balaban J connectivity index is 1.56. The molecule has 3 aromatic carbocycles. The molecule has 1 saturated carbocycles. The molecule has 0 spiro atoms. The predicted molar refractivity (Wildman–Crippen MR) is 149 cm³/mol. The van der Waals surface area contributed by atoms with Crippen LogP contribution in [0.15, 0.2) is 84.9 Å². The van der Waals surface area contributed by atoms with Crippen LogP contribution in [0.3, 0.4) is 0 Å². The molecule has 1 fully saturated rings. The molecule has 0 heterocycles. The molecular formula is C31H35FN2O2S. The van der Waals surface area contributed by atoms with Crippen LogP contribution in [0.5, 0.6) is 0 Å². The van der Waals surface area contributed by atoms with E-state index >= 15 is 0 Å². The van der Waals surface area contributed by atoms with Gasteiger partial charge in [-0.1, -0.05) is 92.1 Å². The van der Waals surface area contributed by atoms with E-state index in [1.165, 1.54) is 18.6 Å². The van der Waals surface area contributed by atoms with Gasteiger partial charge in [0.2, 0.25) is 11.8 Å². The lowest BCUT2D eigenvalue weighted by atomic mass is 9.94. The van der Waals surface area contributed by atoms with Crippen LogP contribution in [0.2, 0.25) is 0 Å². The highest BCUT2D eigenvalue weighted by molar-refractivity contribution is 7.99. The van der Waals surface area contributed by atoms with Crippen LogP contribution >= 0.6 is 11.8 Å². The molecule has 1 unspecified atom stereocenters. The molecule has 0 radical (unpaired) electrons. The van der Waals surface area contributed by atoms with E-state index in [1.807, 2.05) is 60.7 Å². The summed E-state index contributed by atoms with van der Waals surface area (Å²) in [7, 11) is 0. The summed E-state index contributed by atoms with van der Waals surface area (Å²) >= 11 is 1.54. The molecule has 194 valence electrons. The predicted octanol–water partition coefficient (Wildman–Crippen LogP) is 6.15. The van der Waals surface area contributed by atoms with Gasteiger partial charge in [0.05, 0.1) is 5.75 Å². The maximum absolute atomic E-state index is 13.7. The van der Waals surface area contributed by atoms with Crippen molar-refractivity contribution in [2.45, 2.75) is 62.9 Å². The normalized spacial score (nSPS) is 14.6. The second kappa shape index (κ2) is 14.0. The number of benzene rings is 3. The third kappa shape index (κ3) is 8.46. The third-order valence-electron chi connectivity index (χ3n) is 6.83. The van der Waals surface area contributed by atoms with Gasteiger partial charge in [-0.2, -0.15) is 0 Å². The van der Waals surface area contributed by atoms with Crippen LogP contribution < -0.4 is 5.32 Å². The van der Waals surface area contributed by atoms with E-state index in [1.54, 1.807) is 28.8 Å². The van der Waals surface area contributed by atoms with Crippen LogP contribution in [0.25, 0.3) is 0 Å². The number of hydrogen-bond acceptors (Lipinski definition) is 3. The number of carbonyl (C=O) groups excluding carboxylic acids is 2. The summed E-state index contributed by atoms with van der Waals surface area (Å²) in [6.07, 6.45) is 5.81. The third-order valence-corrected chi connectivity index (χ3v) is 7.81. The fourth-order valence-corrected chi connectivity index (χ4v) is 5.67. The van der Waals surface area contributed by atoms with Crippen molar-refractivity contribution in [3.63, 3.8) is 0 Å². The molecule has 37 heavy (non-hydrogen) atoms. The van der Waals surface area contributed by atoms with E-state index in [4.69, 9.17) is 0 Å². The van der Waals surface area contributed by atoms with Crippen LogP contribution in [-0.2, 0) is 28.3 Å². The average molecular weight is 519 g/mol. The van der Waals surface area contributed by atoms with E-state index in [0.717, 1.165) is 42.4 Å². The number of nitrogens with one attached hydrogen (secondary N) is 1. The van der Waals surface area contributed by atoms with Crippen LogP contribution in [0.4, 0.5) is 4.39 Å². The molecule has 6 heteroatoms. The minimum atomic E-state index is -0.654. The SMILES string of the molecule is O=C(NC1CCCCC1)C(Cc1ccccc1)N(Cc1ccc(F)cc1)C(=O)CSCc1ccccc1. The van der Waals surface area contributed by atoms with Crippen molar-refractivity contribution in [1.82, 2.24) is 10.2 Å². The molecule has 1 aliphatic rings. The number of rotatable bonds is 11. The molecule has 0 aromatic heterocycles. The van der Waals surface area contributed by atoms with Gasteiger partial charge >= 0.3 is 0 Å². The molecule has 1 aliphatic carbocycles. The molecule has 0 saturated heterocycles. The first-order valence-electron chi connectivity index (χ1n) is 13.1. The summed E-state index contributed by atoms with van der Waals surface area (Å²) in [5.74, 6) is 0.451. The van der Waals surface area contributed by atoms with Gasteiger partial charge in [0.1, 0.15) is 11.9 Å². The van der Waals surface area contributed by atoms with Gasteiger partial charge in [-0.3, -0.25) is 9.59 Å². The number of nitrogens with zero attached hydrogens (tertiary/aromatic N) is 1. The summed E-state index contributed by atoms with van der Waals surface area (Å²) in [6.45, 7) is 0.251. The highest BCUT2D eigenvalue weighted by Gasteiger charge is 2.31. The maximum atomic E-state index is 13.7. The van der Waals surface area contributed by atoms with Crippen molar-refractivity contribution in [2.24, 2.45) is 0 Å². The van der Waals surface area contributed by atoms with Crippen molar-refractivity contribution in [1.29, 1.82) is 0 Å². The molecule has 4 nitrogen and oxygen atoms in total. The maximum Gasteiger partial charge on any atom is 0.243 e. The Morgan fingerprint density at radius 3 is 2.11 bits per heavy atom. The Bertz CT molecular complexity index is 1120. The van der Waals surface area contributed by atoms with Crippen molar-refractivity contribution in [3.8, 4) is 0 Å². The minimum absolute atomic E-state index is 0.0926. The van der Waals surface area contributed by atoms with Crippen molar-refractivity contribution >= 4 is 23.6 Å². The Morgan fingerprint density at radius 1 is 0.838 bits per heavy atom. The van der Waals surface area contributed by atoms with Gasteiger partial charge in [0.15, 0.2) is 0 Å². The number of amides is 2. The topological polar surface area (TPSA) is 49.4 Å². The standard InChI is InChI=1S/C31H35FN2O2S/c32-27-18-16-25(17-19-27)21-34(30(35)23-37-22-26-12-6-2-7-13-26)29(20-24-10-4-1-5-11-24)31(36)33-28-14-8-3-9-15-28/h1-2,4-7,10-13,16-19,28-29H,3,8-9,14-15,20-23H2,(H,33,36). The molecule has 4 rings (SSSR count). The minimum Gasteiger partial charge on any atom is -0.352 e. The number of hydrogen-bond donors (Lipinski definition) is 1. The zero-order valence-corrected chi connectivity index (χ0v) is 22.0. The largest absolute Gasteiger partial charge is 0.352 e. The summed E-state index contributed by atoms with van der Waals surface area (Å²) < 4.78 is 13.6. The smallest absolute Gasteiger partial charge is 0.243 e. The van der Waals surface area contributed by atoms with Gasteiger partial charge in [-0.25, -0.2) is 4.39 Å². The van der Waals surface area contributed by atoms with E-state index in [2.05, 4.69) is 5.32 Å². The average Bonchev–Trinajstić information content (AvgIpc) is 2.93. The van der Waals surface area contributed by atoms with E-state index in [-0.39, 0.29) is 36.0 Å². The molecule has 0 bridgehead atoms. The van der Waals surface area contributed by atoms with Crippen molar-refractivity contribution in [2.75, 3.05) is 5.75 Å². The van der Waals surface area contributed by atoms with E-state index in [0.29, 0.717) is 12.2 Å².